The Balaban J connectivity index is 2.54. The van der Waals surface area contributed by atoms with Crippen LogP contribution in [0.25, 0.3) is 0 Å². The molecule has 1 amide bonds. The van der Waals surface area contributed by atoms with Gasteiger partial charge in [-0.05, 0) is 50.7 Å². The van der Waals surface area contributed by atoms with Crippen molar-refractivity contribution in [3.63, 3.8) is 0 Å². The highest BCUT2D eigenvalue weighted by Crippen LogP contribution is 2.28. The molecule has 2 N–H and O–H groups in total. The fourth-order valence-corrected chi connectivity index (χ4v) is 2.77. The summed E-state index contributed by atoms with van der Waals surface area (Å²) in [4.78, 5) is 21.5. The summed E-state index contributed by atoms with van der Waals surface area (Å²) in [5, 5.41) is 12.8. The summed E-state index contributed by atoms with van der Waals surface area (Å²) < 4.78 is 5.99. The van der Waals surface area contributed by atoms with Gasteiger partial charge >= 0.3 is 0 Å². The summed E-state index contributed by atoms with van der Waals surface area (Å²) in [6.45, 7) is 7.79. The van der Waals surface area contributed by atoms with Gasteiger partial charge in [-0.1, -0.05) is 18.6 Å². The first-order valence-corrected chi connectivity index (χ1v) is 8.22. The number of amides is 1. The molecule has 1 aliphatic rings. The molecule has 0 unspecified atom stereocenters. The lowest BCUT2D eigenvalue weighted by Gasteiger charge is -2.38. The van der Waals surface area contributed by atoms with Crippen LogP contribution in [0.4, 0.5) is 0 Å². The van der Waals surface area contributed by atoms with Crippen molar-refractivity contribution < 1.29 is 19.4 Å². The maximum absolute atomic E-state index is 11.0. The molecule has 1 rings (SSSR count). The maximum Gasteiger partial charge on any atom is 0.216 e. The molecule has 0 aromatic rings. The number of rotatable bonds is 7. The second-order valence-electron chi connectivity index (χ2n) is 6.38. The molecule has 5 heteroatoms. The van der Waals surface area contributed by atoms with E-state index in [9.17, 15) is 14.7 Å². The van der Waals surface area contributed by atoms with Gasteiger partial charge in [0.05, 0.1) is 12.2 Å². The highest BCUT2D eigenvalue weighted by atomic mass is 16.5. The number of hydrogen-bond acceptors (Lipinski definition) is 4. The second kappa shape index (κ2) is 9.63. The van der Waals surface area contributed by atoms with Crippen molar-refractivity contribution in [1.29, 1.82) is 0 Å². The number of aliphatic hydroxyl groups excluding tert-OH is 1. The molecule has 0 aliphatic carbocycles. The zero-order chi connectivity index (χ0) is 17.4. The van der Waals surface area contributed by atoms with Gasteiger partial charge in [0.2, 0.25) is 5.91 Å². The molecule has 0 radical (unpaired) electrons. The molecule has 0 aromatic heterocycles. The Bertz CT molecular complexity index is 470. The molecule has 0 spiro atoms. The number of aliphatic hydroxyl groups is 1. The quantitative estimate of drug-likeness (QED) is 0.428. The third-order valence-electron chi connectivity index (χ3n) is 4.42. The Labute approximate surface area is 138 Å². The van der Waals surface area contributed by atoms with Crippen LogP contribution in [0.1, 0.15) is 47.0 Å². The second-order valence-corrected chi connectivity index (χ2v) is 6.38. The van der Waals surface area contributed by atoms with Gasteiger partial charge < -0.3 is 15.2 Å². The third kappa shape index (κ3) is 6.67. The fourth-order valence-electron chi connectivity index (χ4n) is 2.77. The standard InChI is InChI=1S/C18H29NO4/c1-12(13(2)8-9-20)6-5-7-17-14(3)10-16(22)18(23-17)11-19-15(4)21/h6,8-9,14,16-18,22H,5,7,10-11H2,1-4H3,(H,19,21)/b12-6+,13-8+/t14-,16-,17-,18+/m0/s1. The number of hydrogen-bond donors (Lipinski definition) is 2. The molecule has 130 valence electrons. The molecule has 4 atom stereocenters. The Kier molecular flexibility index (Phi) is 8.20. The van der Waals surface area contributed by atoms with E-state index in [1.165, 1.54) is 6.92 Å². The molecule has 0 bridgehead atoms. The fraction of sp³-hybridized carbons (Fsp3) is 0.667. The van der Waals surface area contributed by atoms with Crippen LogP contribution in [0, 0.1) is 5.92 Å². The van der Waals surface area contributed by atoms with Crippen LogP contribution in [0.2, 0.25) is 0 Å². The minimum Gasteiger partial charge on any atom is -0.390 e. The first-order valence-electron chi connectivity index (χ1n) is 8.22. The number of aldehydes is 1. The van der Waals surface area contributed by atoms with Crippen LogP contribution >= 0.6 is 0 Å². The van der Waals surface area contributed by atoms with E-state index in [0.717, 1.165) is 30.3 Å². The molecule has 1 saturated heterocycles. The molecule has 1 aliphatic heterocycles. The molecule has 1 fully saturated rings. The van der Waals surface area contributed by atoms with Gasteiger partial charge in [0.15, 0.2) is 0 Å². The van der Waals surface area contributed by atoms with E-state index in [4.69, 9.17) is 4.74 Å². The van der Waals surface area contributed by atoms with Crippen molar-refractivity contribution >= 4 is 12.2 Å². The van der Waals surface area contributed by atoms with E-state index in [1.807, 2.05) is 13.8 Å². The Morgan fingerprint density at radius 3 is 2.57 bits per heavy atom. The molecule has 5 nitrogen and oxygen atoms in total. The predicted molar refractivity (Wildman–Crippen MR) is 89.9 cm³/mol. The van der Waals surface area contributed by atoms with E-state index in [2.05, 4.69) is 18.3 Å². The first-order chi connectivity index (χ1) is 10.8. The normalized spacial score (nSPS) is 29.3. The van der Waals surface area contributed by atoms with Crippen LogP contribution in [0.15, 0.2) is 23.3 Å². The zero-order valence-electron chi connectivity index (χ0n) is 14.5. The van der Waals surface area contributed by atoms with Gasteiger partial charge in [-0.15, -0.1) is 0 Å². The highest BCUT2D eigenvalue weighted by Gasteiger charge is 2.34. The number of ether oxygens (including phenoxy) is 1. The summed E-state index contributed by atoms with van der Waals surface area (Å²) in [7, 11) is 0. The topological polar surface area (TPSA) is 75.6 Å². The largest absolute Gasteiger partial charge is 0.390 e. The SMILES string of the molecule is CC(=O)NC[C@H]1O[C@@H](CC/C=C(C)/C(C)=C/C=O)[C@@H](C)C[C@@H]1O. The van der Waals surface area contributed by atoms with Gasteiger partial charge in [-0.25, -0.2) is 0 Å². The number of carbonyl (C=O) groups is 2. The van der Waals surface area contributed by atoms with Gasteiger partial charge in [-0.3, -0.25) is 9.59 Å². The van der Waals surface area contributed by atoms with Crippen LogP contribution in [0.3, 0.4) is 0 Å². The molecule has 1 heterocycles. The lowest BCUT2D eigenvalue weighted by atomic mass is 9.88. The lowest BCUT2D eigenvalue weighted by Crippen LogP contribution is -2.48. The van der Waals surface area contributed by atoms with E-state index in [-0.39, 0.29) is 24.0 Å². The summed E-state index contributed by atoms with van der Waals surface area (Å²) in [6, 6.07) is 0. The predicted octanol–water partition coefficient (Wildman–Crippen LogP) is 2.15. The Morgan fingerprint density at radius 1 is 1.26 bits per heavy atom. The van der Waals surface area contributed by atoms with E-state index >= 15 is 0 Å². The zero-order valence-corrected chi connectivity index (χ0v) is 14.5. The van der Waals surface area contributed by atoms with Crippen molar-refractivity contribution in [2.24, 2.45) is 5.92 Å². The number of nitrogens with one attached hydrogen (secondary N) is 1. The van der Waals surface area contributed by atoms with E-state index < -0.39 is 6.10 Å². The minimum absolute atomic E-state index is 0.0663. The maximum atomic E-state index is 11.0. The molecular weight excluding hydrogens is 294 g/mol. The lowest BCUT2D eigenvalue weighted by molar-refractivity contribution is -0.144. The van der Waals surface area contributed by atoms with Gasteiger partial charge in [-0.2, -0.15) is 0 Å². The van der Waals surface area contributed by atoms with Crippen LogP contribution < -0.4 is 5.32 Å². The molecule has 0 saturated carbocycles. The van der Waals surface area contributed by atoms with E-state index in [1.54, 1.807) is 6.08 Å². The number of allylic oxidation sites excluding steroid dienone is 4. The van der Waals surface area contributed by atoms with Crippen molar-refractivity contribution in [3.8, 4) is 0 Å². The van der Waals surface area contributed by atoms with Gasteiger partial charge in [0, 0.05) is 13.5 Å². The van der Waals surface area contributed by atoms with Crippen molar-refractivity contribution in [2.75, 3.05) is 6.54 Å². The highest BCUT2D eigenvalue weighted by molar-refractivity contribution is 5.72. The van der Waals surface area contributed by atoms with Gasteiger partial charge in [0.25, 0.3) is 0 Å². The van der Waals surface area contributed by atoms with Crippen molar-refractivity contribution in [1.82, 2.24) is 5.32 Å². The number of carbonyl (C=O) groups excluding carboxylic acids is 2. The Hall–Kier alpha value is -1.46. The average molecular weight is 323 g/mol. The summed E-state index contributed by atoms with van der Waals surface area (Å²) >= 11 is 0. The van der Waals surface area contributed by atoms with Crippen LogP contribution in [-0.2, 0) is 14.3 Å². The summed E-state index contributed by atoms with van der Waals surface area (Å²) in [5.74, 6) is 0.158. The van der Waals surface area contributed by atoms with E-state index in [0.29, 0.717) is 13.0 Å². The first kappa shape index (κ1) is 19.6. The van der Waals surface area contributed by atoms with Crippen molar-refractivity contribution in [3.05, 3.63) is 23.3 Å². The summed E-state index contributed by atoms with van der Waals surface area (Å²) in [5.41, 5.74) is 2.06. The van der Waals surface area contributed by atoms with Crippen molar-refractivity contribution in [2.45, 2.75) is 65.3 Å². The Morgan fingerprint density at radius 2 is 1.96 bits per heavy atom. The van der Waals surface area contributed by atoms with Gasteiger partial charge in [0.1, 0.15) is 12.4 Å². The molecule has 0 aromatic carbocycles. The smallest absolute Gasteiger partial charge is 0.216 e. The average Bonchev–Trinajstić information content (AvgIpc) is 2.48. The van der Waals surface area contributed by atoms with Crippen LogP contribution in [-0.4, -0.2) is 42.2 Å². The monoisotopic (exact) mass is 323 g/mol. The molecule has 23 heavy (non-hydrogen) atoms. The molecular formula is C18H29NO4. The van der Waals surface area contributed by atoms with Crippen LogP contribution in [0.5, 0.6) is 0 Å². The minimum atomic E-state index is -0.539. The summed E-state index contributed by atoms with van der Waals surface area (Å²) in [6.07, 6.45) is 6.05. The third-order valence-corrected chi connectivity index (χ3v) is 4.42.